The Morgan fingerprint density at radius 2 is 1.47 bits per heavy atom. The summed E-state index contributed by atoms with van der Waals surface area (Å²) in [6, 6.07) is 10.5. The molecule has 0 unspecified atom stereocenters. The molecule has 174 valence electrons. The minimum atomic E-state index is -3.55. The predicted molar refractivity (Wildman–Crippen MR) is 121 cm³/mol. The molecule has 0 spiro atoms. The molecule has 1 aliphatic heterocycles. The van der Waals surface area contributed by atoms with E-state index >= 15 is 0 Å². The fourth-order valence-corrected chi connectivity index (χ4v) is 5.15. The quantitative estimate of drug-likeness (QED) is 0.599. The van der Waals surface area contributed by atoms with Crippen molar-refractivity contribution in [3.05, 3.63) is 47.5 Å². The van der Waals surface area contributed by atoms with Crippen molar-refractivity contribution in [3.63, 3.8) is 0 Å². The third-order valence-electron chi connectivity index (χ3n) is 5.60. The summed E-state index contributed by atoms with van der Waals surface area (Å²) < 4.78 is 43.2. The van der Waals surface area contributed by atoms with Gasteiger partial charge in [0.1, 0.15) is 0 Å². The van der Waals surface area contributed by atoms with Crippen LogP contribution in [0.5, 0.6) is 17.2 Å². The van der Waals surface area contributed by atoms with Gasteiger partial charge >= 0.3 is 0 Å². The first-order chi connectivity index (χ1) is 15.3. The van der Waals surface area contributed by atoms with Gasteiger partial charge in [0.05, 0.1) is 26.2 Å². The Hall–Kier alpha value is -2.78. The number of ether oxygens (including phenoxy) is 3. The lowest BCUT2D eigenvalue weighted by Gasteiger charge is -2.34. The number of sulfonamides is 1. The first-order valence-electron chi connectivity index (χ1n) is 10.4. The third-order valence-corrected chi connectivity index (χ3v) is 7.52. The molecular formula is C23H30N2O6S. The van der Waals surface area contributed by atoms with E-state index < -0.39 is 10.0 Å². The number of aryl methyl sites for hydroxylation is 2. The summed E-state index contributed by atoms with van der Waals surface area (Å²) in [4.78, 5) is 14.7. The number of carbonyl (C=O) groups excluding carboxylic acids is 1. The number of amides is 1. The van der Waals surface area contributed by atoms with Gasteiger partial charge < -0.3 is 19.1 Å². The number of carbonyl (C=O) groups is 1. The standard InChI is InChI=1S/C23H30N2O6S/c1-17-5-8-19(9-6-17)32(27,28)25-13-11-24(12-14-25)22(26)10-7-18-15-20(29-2)23(31-4)21(16-18)30-3/h5-6,8-9,15-16H,7,10-14H2,1-4H3. The average molecular weight is 463 g/mol. The van der Waals surface area contributed by atoms with Crippen LogP contribution in [-0.2, 0) is 21.2 Å². The van der Waals surface area contributed by atoms with E-state index in [0.717, 1.165) is 11.1 Å². The van der Waals surface area contributed by atoms with Gasteiger partial charge in [-0.15, -0.1) is 0 Å². The predicted octanol–water partition coefficient (Wildman–Crippen LogP) is 2.49. The molecule has 0 aromatic heterocycles. The van der Waals surface area contributed by atoms with E-state index in [0.29, 0.717) is 43.2 Å². The molecule has 9 heteroatoms. The number of hydrogen-bond acceptors (Lipinski definition) is 6. The van der Waals surface area contributed by atoms with Crippen LogP contribution in [0.4, 0.5) is 0 Å². The highest BCUT2D eigenvalue weighted by Gasteiger charge is 2.30. The van der Waals surface area contributed by atoms with Gasteiger partial charge in [0.25, 0.3) is 0 Å². The van der Waals surface area contributed by atoms with E-state index in [1.807, 2.05) is 19.1 Å². The number of nitrogens with zero attached hydrogens (tertiary/aromatic N) is 2. The van der Waals surface area contributed by atoms with Crippen LogP contribution in [0.25, 0.3) is 0 Å². The van der Waals surface area contributed by atoms with Crippen molar-refractivity contribution < 1.29 is 27.4 Å². The van der Waals surface area contributed by atoms with Gasteiger partial charge in [-0.3, -0.25) is 4.79 Å². The first kappa shape index (κ1) is 23.9. The summed E-state index contributed by atoms with van der Waals surface area (Å²) in [5.41, 5.74) is 1.90. The second kappa shape index (κ2) is 10.2. The van der Waals surface area contributed by atoms with E-state index in [4.69, 9.17) is 14.2 Å². The smallest absolute Gasteiger partial charge is 0.243 e. The second-order valence-corrected chi connectivity index (χ2v) is 9.57. The van der Waals surface area contributed by atoms with E-state index in [9.17, 15) is 13.2 Å². The van der Waals surface area contributed by atoms with Gasteiger partial charge in [-0.2, -0.15) is 4.31 Å². The largest absolute Gasteiger partial charge is 0.493 e. The van der Waals surface area contributed by atoms with Crippen molar-refractivity contribution >= 4 is 15.9 Å². The Kier molecular flexibility index (Phi) is 7.63. The van der Waals surface area contributed by atoms with Crippen LogP contribution in [0, 0.1) is 6.92 Å². The molecule has 1 aliphatic rings. The Balaban J connectivity index is 1.59. The van der Waals surface area contributed by atoms with Crippen molar-refractivity contribution in [2.75, 3.05) is 47.5 Å². The summed E-state index contributed by atoms with van der Waals surface area (Å²) in [5, 5.41) is 0. The molecule has 0 saturated carbocycles. The number of methoxy groups -OCH3 is 3. The molecule has 0 aliphatic carbocycles. The molecule has 3 rings (SSSR count). The minimum Gasteiger partial charge on any atom is -0.493 e. The molecule has 0 N–H and O–H groups in total. The second-order valence-electron chi connectivity index (χ2n) is 7.63. The van der Waals surface area contributed by atoms with Gasteiger partial charge in [0.15, 0.2) is 11.5 Å². The van der Waals surface area contributed by atoms with E-state index in [-0.39, 0.29) is 23.9 Å². The van der Waals surface area contributed by atoms with E-state index in [1.165, 1.54) is 4.31 Å². The normalized spacial score (nSPS) is 14.8. The molecule has 0 bridgehead atoms. The zero-order valence-corrected chi connectivity index (χ0v) is 19.8. The molecule has 2 aromatic rings. The van der Waals surface area contributed by atoms with Crippen LogP contribution in [-0.4, -0.2) is 71.0 Å². The monoisotopic (exact) mass is 462 g/mol. The lowest BCUT2D eigenvalue weighted by molar-refractivity contribution is -0.132. The summed E-state index contributed by atoms with van der Waals surface area (Å²) in [7, 11) is 1.10. The maximum absolute atomic E-state index is 12.8. The van der Waals surface area contributed by atoms with Crippen LogP contribution < -0.4 is 14.2 Å². The molecule has 1 heterocycles. The fourth-order valence-electron chi connectivity index (χ4n) is 3.73. The lowest BCUT2D eigenvalue weighted by atomic mass is 10.1. The Bertz CT molecular complexity index is 1020. The highest BCUT2D eigenvalue weighted by Crippen LogP contribution is 2.38. The molecular weight excluding hydrogens is 432 g/mol. The van der Waals surface area contributed by atoms with Crippen molar-refractivity contribution in [2.24, 2.45) is 0 Å². The van der Waals surface area contributed by atoms with Gasteiger partial charge in [-0.25, -0.2) is 8.42 Å². The average Bonchev–Trinajstić information content (AvgIpc) is 2.82. The summed E-state index contributed by atoms with van der Waals surface area (Å²) in [6.45, 7) is 3.23. The van der Waals surface area contributed by atoms with Crippen LogP contribution in [0.2, 0.25) is 0 Å². The zero-order chi connectivity index (χ0) is 23.3. The SMILES string of the molecule is COc1cc(CCC(=O)N2CCN(S(=O)(=O)c3ccc(C)cc3)CC2)cc(OC)c1OC. The van der Waals surface area contributed by atoms with Crippen LogP contribution in [0.1, 0.15) is 17.5 Å². The maximum atomic E-state index is 12.8. The Morgan fingerprint density at radius 3 is 1.97 bits per heavy atom. The molecule has 1 fully saturated rings. The van der Waals surface area contributed by atoms with Crippen molar-refractivity contribution in [1.82, 2.24) is 9.21 Å². The number of benzene rings is 2. The van der Waals surface area contributed by atoms with Crippen LogP contribution >= 0.6 is 0 Å². The topological polar surface area (TPSA) is 85.4 Å². The van der Waals surface area contributed by atoms with E-state index in [1.54, 1.807) is 50.5 Å². The summed E-state index contributed by atoms with van der Waals surface area (Å²) in [5.74, 6) is 1.59. The summed E-state index contributed by atoms with van der Waals surface area (Å²) >= 11 is 0. The van der Waals surface area contributed by atoms with Crippen LogP contribution in [0.3, 0.4) is 0 Å². The minimum absolute atomic E-state index is 0.00821. The van der Waals surface area contributed by atoms with Gasteiger partial charge in [-0.1, -0.05) is 17.7 Å². The van der Waals surface area contributed by atoms with Crippen molar-refractivity contribution in [1.29, 1.82) is 0 Å². The molecule has 1 saturated heterocycles. The number of rotatable bonds is 8. The number of hydrogen-bond donors (Lipinski definition) is 0. The molecule has 0 atom stereocenters. The highest BCUT2D eigenvalue weighted by molar-refractivity contribution is 7.89. The Morgan fingerprint density at radius 1 is 0.906 bits per heavy atom. The molecule has 8 nitrogen and oxygen atoms in total. The highest BCUT2D eigenvalue weighted by atomic mass is 32.2. The van der Waals surface area contributed by atoms with Crippen LogP contribution in [0.15, 0.2) is 41.3 Å². The van der Waals surface area contributed by atoms with Gasteiger partial charge in [0.2, 0.25) is 21.7 Å². The molecule has 32 heavy (non-hydrogen) atoms. The molecule has 2 aromatic carbocycles. The molecule has 0 radical (unpaired) electrons. The zero-order valence-electron chi connectivity index (χ0n) is 19.0. The van der Waals surface area contributed by atoms with Crippen molar-refractivity contribution in [2.45, 2.75) is 24.7 Å². The van der Waals surface area contributed by atoms with Gasteiger partial charge in [0, 0.05) is 32.6 Å². The fraction of sp³-hybridized carbons (Fsp3) is 0.435. The Labute approximate surface area is 189 Å². The summed E-state index contributed by atoms with van der Waals surface area (Å²) in [6.07, 6.45) is 0.820. The molecule has 1 amide bonds. The first-order valence-corrected chi connectivity index (χ1v) is 11.9. The number of piperazine rings is 1. The lowest BCUT2D eigenvalue weighted by Crippen LogP contribution is -2.50. The van der Waals surface area contributed by atoms with Gasteiger partial charge in [-0.05, 0) is 43.2 Å². The third kappa shape index (κ3) is 5.16. The van der Waals surface area contributed by atoms with E-state index in [2.05, 4.69) is 0 Å². The maximum Gasteiger partial charge on any atom is 0.243 e. The van der Waals surface area contributed by atoms with Crippen molar-refractivity contribution in [3.8, 4) is 17.2 Å².